The second kappa shape index (κ2) is 5.93. The minimum Gasteiger partial charge on any atom is -0.288 e. The van der Waals surface area contributed by atoms with E-state index in [0.717, 1.165) is 11.3 Å². The maximum Gasteiger partial charge on any atom is 0.292 e. The van der Waals surface area contributed by atoms with Gasteiger partial charge in [0, 0.05) is 6.26 Å². The van der Waals surface area contributed by atoms with Crippen LogP contribution in [0.4, 0.5) is 5.69 Å². The monoisotopic (exact) mass is 342 g/mol. The maximum absolute atomic E-state index is 12.7. The highest BCUT2D eigenvalue weighted by atomic mass is 32.2. The first-order valence-corrected chi connectivity index (χ1v) is 8.99. The van der Waals surface area contributed by atoms with Crippen LogP contribution in [0.25, 0.3) is 5.57 Å². The lowest BCUT2D eigenvalue weighted by Gasteiger charge is -2.17. The topological polar surface area (TPSA) is 83.6 Å². The smallest absolute Gasteiger partial charge is 0.288 e. The number of para-hydroxylation sites is 1. The van der Waals surface area contributed by atoms with Gasteiger partial charge in [-0.3, -0.25) is 15.0 Å². The molecule has 0 bridgehead atoms. The van der Waals surface area contributed by atoms with Crippen LogP contribution in [-0.2, 0) is 19.4 Å². The molecule has 2 amide bonds. The summed E-state index contributed by atoms with van der Waals surface area (Å²) in [6, 6.07) is 16.9. The molecular weight excluding hydrogens is 328 g/mol. The van der Waals surface area contributed by atoms with Crippen LogP contribution in [0.5, 0.6) is 0 Å². The number of anilines is 1. The number of carbonyl (C=O) groups is 2. The van der Waals surface area contributed by atoms with Gasteiger partial charge in [0.15, 0.2) is 9.84 Å². The predicted molar refractivity (Wildman–Crippen MR) is 90.1 cm³/mol. The fourth-order valence-corrected chi connectivity index (χ4v) is 3.44. The van der Waals surface area contributed by atoms with Crippen molar-refractivity contribution in [3.63, 3.8) is 0 Å². The molecule has 1 N–H and O–H groups in total. The molecule has 3 rings (SSSR count). The number of hydrogen-bond acceptors (Lipinski definition) is 5. The number of rotatable bonds is 4. The fourth-order valence-electron chi connectivity index (χ4n) is 2.46. The first-order valence-electron chi connectivity index (χ1n) is 7.10. The van der Waals surface area contributed by atoms with Crippen molar-refractivity contribution in [1.82, 2.24) is 5.01 Å². The highest BCUT2D eigenvalue weighted by Crippen LogP contribution is 2.32. The summed E-state index contributed by atoms with van der Waals surface area (Å²) in [5.74, 6) is -1.58. The van der Waals surface area contributed by atoms with Crippen LogP contribution in [-0.4, -0.2) is 31.5 Å². The zero-order valence-electron chi connectivity index (χ0n) is 12.8. The van der Waals surface area contributed by atoms with Crippen molar-refractivity contribution in [2.24, 2.45) is 0 Å². The highest BCUT2D eigenvalue weighted by Gasteiger charge is 2.44. The first kappa shape index (κ1) is 15.9. The van der Waals surface area contributed by atoms with Gasteiger partial charge < -0.3 is 0 Å². The zero-order chi connectivity index (χ0) is 17.3. The van der Waals surface area contributed by atoms with E-state index in [9.17, 15) is 18.0 Å². The average molecular weight is 342 g/mol. The Kier molecular flexibility index (Phi) is 3.94. The number of sulfone groups is 1. The van der Waals surface area contributed by atoms with E-state index >= 15 is 0 Å². The summed E-state index contributed by atoms with van der Waals surface area (Å²) in [4.78, 5) is 24.8. The summed E-state index contributed by atoms with van der Waals surface area (Å²) in [5, 5.41) is 0.730. The quantitative estimate of drug-likeness (QED) is 0.857. The Bertz CT molecular complexity index is 935. The molecule has 1 heterocycles. The molecule has 122 valence electrons. The lowest BCUT2D eigenvalue weighted by molar-refractivity contribution is -0.134. The number of nitrogens with one attached hydrogen (secondary N) is 1. The lowest BCUT2D eigenvalue weighted by Crippen LogP contribution is -2.37. The van der Waals surface area contributed by atoms with E-state index in [1.165, 1.54) is 0 Å². The molecule has 6 nitrogen and oxygen atoms in total. The van der Waals surface area contributed by atoms with Crippen LogP contribution in [0.3, 0.4) is 0 Å². The second-order valence-electron chi connectivity index (χ2n) is 5.27. The summed E-state index contributed by atoms with van der Waals surface area (Å²) in [7, 11) is -3.88. The van der Waals surface area contributed by atoms with Crippen LogP contribution < -0.4 is 5.43 Å². The number of amides is 2. The largest absolute Gasteiger partial charge is 0.292 e. The van der Waals surface area contributed by atoms with Crippen LogP contribution in [0, 0.1) is 0 Å². The van der Waals surface area contributed by atoms with E-state index in [1.54, 1.807) is 60.7 Å². The fraction of sp³-hybridized carbons (Fsp3) is 0.0588. The Morgan fingerprint density at radius 3 is 1.92 bits per heavy atom. The van der Waals surface area contributed by atoms with Crippen molar-refractivity contribution >= 4 is 32.9 Å². The van der Waals surface area contributed by atoms with Gasteiger partial charge >= 0.3 is 0 Å². The molecule has 24 heavy (non-hydrogen) atoms. The van der Waals surface area contributed by atoms with Gasteiger partial charge in [0.05, 0.1) is 11.3 Å². The van der Waals surface area contributed by atoms with E-state index in [1.807, 2.05) is 0 Å². The summed E-state index contributed by atoms with van der Waals surface area (Å²) < 4.78 is 24.2. The minimum absolute atomic E-state index is 0.119. The van der Waals surface area contributed by atoms with Gasteiger partial charge in [-0.15, -0.1) is 0 Å². The third-order valence-corrected chi connectivity index (χ3v) is 4.61. The third-order valence-electron chi connectivity index (χ3n) is 3.49. The number of nitrogens with zero attached hydrogens (tertiary/aromatic N) is 1. The molecule has 0 fully saturated rings. The van der Waals surface area contributed by atoms with E-state index < -0.39 is 26.6 Å². The highest BCUT2D eigenvalue weighted by molar-refractivity contribution is 7.95. The van der Waals surface area contributed by atoms with E-state index in [2.05, 4.69) is 5.43 Å². The molecular formula is C17H14N2O4S. The Balaban J connectivity index is 2.09. The van der Waals surface area contributed by atoms with Gasteiger partial charge in [0.2, 0.25) is 0 Å². The van der Waals surface area contributed by atoms with Crippen LogP contribution in [0.1, 0.15) is 5.56 Å². The molecule has 2 aromatic carbocycles. The Morgan fingerprint density at radius 1 is 0.833 bits per heavy atom. The Labute approximate surface area is 139 Å². The number of hydrogen-bond donors (Lipinski definition) is 1. The molecule has 0 aliphatic carbocycles. The standard InChI is InChI=1S/C17H14N2O4S/c1-24(22,23)15-14(12-8-4-2-5-9-12)16(20)19(17(15)21)18-13-10-6-3-7-11-13/h2-11,18H,1H3. The summed E-state index contributed by atoms with van der Waals surface area (Å²) in [5.41, 5.74) is 3.44. The molecule has 0 radical (unpaired) electrons. The summed E-state index contributed by atoms with van der Waals surface area (Å²) >= 11 is 0. The average Bonchev–Trinajstić information content (AvgIpc) is 2.81. The molecule has 0 saturated carbocycles. The van der Waals surface area contributed by atoms with Gasteiger partial charge in [0.1, 0.15) is 4.91 Å². The first-order chi connectivity index (χ1) is 11.4. The van der Waals surface area contributed by atoms with Gasteiger partial charge in [-0.1, -0.05) is 48.5 Å². The van der Waals surface area contributed by atoms with Crippen molar-refractivity contribution in [3.8, 4) is 0 Å². The molecule has 0 aromatic heterocycles. The zero-order valence-corrected chi connectivity index (χ0v) is 13.6. The van der Waals surface area contributed by atoms with E-state index in [4.69, 9.17) is 0 Å². The van der Waals surface area contributed by atoms with Crippen LogP contribution >= 0.6 is 0 Å². The van der Waals surface area contributed by atoms with Gasteiger partial charge in [-0.05, 0) is 17.7 Å². The maximum atomic E-state index is 12.7. The number of benzene rings is 2. The molecule has 0 spiro atoms. The van der Waals surface area contributed by atoms with Gasteiger partial charge in [-0.2, -0.15) is 5.01 Å². The Morgan fingerprint density at radius 2 is 1.38 bits per heavy atom. The van der Waals surface area contributed by atoms with Crippen molar-refractivity contribution in [2.45, 2.75) is 0 Å². The lowest BCUT2D eigenvalue weighted by atomic mass is 10.1. The molecule has 7 heteroatoms. The summed E-state index contributed by atoms with van der Waals surface area (Å²) in [6.07, 6.45) is 0.919. The second-order valence-corrected chi connectivity index (χ2v) is 7.22. The van der Waals surface area contributed by atoms with Crippen LogP contribution in [0.2, 0.25) is 0 Å². The van der Waals surface area contributed by atoms with Gasteiger partial charge in [0.25, 0.3) is 11.8 Å². The van der Waals surface area contributed by atoms with Crippen molar-refractivity contribution in [2.75, 3.05) is 11.7 Å². The van der Waals surface area contributed by atoms with Gasteiger partial charge in [-0.25, -0.2) is 8.42 Å². The predicted octanol–water partition coefficient (Wildman–Crippen LogP) is 1.84. The van der Waals surface area contributed by atoms with E-state index in [-0.39, 0.29) is 5.57 Å². The normalized spacial score (nSPS) is 15.1. The third kappa shape index (κ3) is 2.81. The van der Waals surface area contributed by atoms with Crippen molar-refractivity contribution in [3.05, 3.63) is 71.1 Å². The molecule has 0 atom stereocenters. The molecule has 1 aliphatic rings. The molecule has 0 saturated heterocycles. The minimum atomic E-state index is -3.88. The number of imide groups is 1. The summed E-state index contributed by atoms with van der Waals surface area (Å²) in [6.45, 7) is 0. The van der Waals surface area contributed by atoms with Crippen molar-refractivity contribution in [1.29, 1.82) is 0 Å². The molecule has 1 aliphatic heterocycles. The number of carbonyl (C=O) groups excluding carboxylic acids is 2. The van der Waals surface area contributed by atoms with Crippen molar-refractivity contribution < 1.29 is 18.0 Å². The molecule has 2 aromatic rings. The SMILES string of the molecule is CS(=O)(=O)C1=C(c2ccccc2)C(=O)N(Nc2ccccc2)C1=O. The van der Waals surface area contributed by atoms with E-state index in [0.29, 0.717) is 11.3 Å². The number of hydrazine groups is 1. The molecule has 0 unspecified atom stereocenters. The van der Waals surface area contributed by atoms with Crippen LogP contribution in [0.15, 0.2) is 65.6 Å². The Hall–Kier alpha value is -2.93.